The van der Waals surface area contributed by atoms with Gasteiger partial charge in [-0.25, -0.2) is 17.5 Å². The summed E-state index contributed by atoms with van der Waals surface area (Å²) in [5.41, 5.74) is 1.59. The second-order valence-electron chi connectivity index (χ2n) is 6.34. The molecule has 3 amide bonds. The van der Waals surface area contributed by atoms with Gasteiger partial charge in [0.2, 0.25) is 15.9 Å². The Hall–Kier alpha value is -2.13. The first kappa shape index (κ1) is 17.7. The number of benzene rings is 1. The van der Waals surface area contributed by atoms with Crippen LogP contribution in [0.2, 0.25) is 0 Å². The number of hydrogen-bond acceptors (Lipinski definition) is 4. The first-order valence-electron chi connectivity index (χ1n) is 8.24. The second kappa shape index (κ2) is 7.01. The predicted molar refractivity (Wildman–Crippen MR) is 93.6 cm³/mol. The second-order valence-corrected chi connectivity index (χ2v) is 8.33. The zero-order valence-corrected chi connectivity index (χ0v) is 14.9. The quantitative estimate of drug-likeness (QED) is 0.807. The largest absolute Gasteiger partial charge is 0.331 e. The lowest BCUT2D eigenvalue weighted by atomic mass is 9.97. The number of fused-ring (bicyclic) bond motifs is 1. The standard InChI is InChI=1S/C16H22N4O4S/c1-25(23,24)20-8-4-7-19(9-10-20)16(22)18-14-11-15(21)17-13-6-3-2-5-12(13)14/h2-3,5-6,14H,4,7-11H2,1H3,(H,17,21)(H,18,22)/t14-/m0/s1. The van der Waals surface area contributed by atoms with Crippen LogP contribution in [0, 0.1) is 0 Å². The van der Waals surface area contributed by atoms with Crippen LogP contribution in [0.5, 0.6) is 0 Å². The maximum atomic E-state index is 12.6. The van der Waals surface area contributed by atoms with E-state index in [-0.39, 0.29) is 30.9 Å². The number of anilines is 1. The highest BCUT2D eigenvalue weighted by Gasteiger charge is 2.29. The van der Waals surface area contributed by atoms with Crippen LogP contribution in [0.1, 0.15) is 24.4 Å². The summed E-state index contributed by atoms with van der Waals surface area (Å²) in [5.74, 6) is -0.136. The van der Waals surface area contributed by atoms with Crippen LogP contribution < -0.4 is 10.6 Å². The van der Waals surface area contributed by atoms with Crippen molar-refractivity contribution < 1.29 is 18.0 Å². The lowest BCUT2D eigenvalue weighted by Gasteiger charge is -2.29. The summed E-state index contributed by atoms with van der Waals surface area (Å²) in [6, 6.07) is 6.73. The Morgan fingerprint density at radius 2 is 1.96 bits per heavy atom. The summed E-state index contributed by atoms with van der Waals surface area (Å²) >= 11 is 0. The molecule has 1 atom stereocenters. The van der Waals surface area contributed by atoms with Crippen molar-refractivity contribution in [2.24, 2.45) is 0 Å². The van der Waals surface area contributed by atoms with Crippen molar-refractivity contribution in [2.45, 2.75) is 18.9 Å². The molecule has 2 N–H and O–H groups in total. The van der Waals surface area contributed by atoms with E-state index >= 15 is 0 Å². The van der Waals surface area contributed by atoms with E-state index in [1.165, 1.54) is 10.6 Å². The molecule has 2 aliphatic rings. The van der Waals surface area contributed by atoms with E-state index in [4.69, 9.17) is 0 Å². The van der Waals surface area contributed by atoms with Gasteiger partial charge in [-0.2, -0.15) is 0 Å². The molecule has 1 saturated heterocycles. The molecule has 0 aromatic heterocycles. The van der Waals surface area contributed by atoms with Crippen LogP contribution in [0.4, 0.5) is 10.5 Å². The lowest BCUT2D eigenvalue weighted by molar-refractivity contribution is -0.116. The summed E-state index contributed by atoms with van der Waals surface area (Å²) in [7, 11) is -3.25. The Morgan fingerprint density at radius 1 is 1.20 bits per heavy atom. The molecule has 0 saturated carbocycles. The summed E-state index contributed by atoms with van der Waals surface area (Å²) < 4.78 is 24.7. The molecule has 2 heterocycles. The van der Waals surface area contributed by atoms with Crippen LogP contribution in [-0.2, 0) is 14.8 Å². The Bertz CT molecular complexity index is 780. The van der Waals surface area contributed by atoms with Crippen molar-refractivity contribution >= 4 is 27.6 Å². The number of para-hydroxylation sites is 1. The molecule has 2 aliphatic heterocycles. The van der Waals surface area contributed by atoms with Crippen LogP contribution >= 0.6 is 0 Å². The number of nitrogens with zero attached hydrogens (tertiary/aromatic N) is 2. The fourth-order valence-electron chi connectivity index (χ4n) is 3.21. The van der Waals surface area contributed by atoms with E-state index in [0.29, 0.717) is 31.7 Å². The summed E-state index contributed by atoms with van der Waals surface area (Å²) in [5, 5.41) is 5.71. The number of rotatable bonds is 2. The van der Waals surface area contributed by atoms with E-state index in [2.05, 4.69) is 10.6 Å². The molecule has 9 heteroatoms. The van der Waals surface area contributed by atoms with Crippen LogP contribution in [-0.4, -0.2) is 62.0 Å². The van der Waals surface area contributed by atoms with Gasteiger partial charge in [0.25, 0.3) is 0 Å². The number of carbonyl (C=O) groups excluding carboxylic acids is 2. The third kappa shape index (κ3) is 4.10. The van der Waals surface area contributed by atoms with Crippen molar-refractivity contribution in [2.75, 3.05) is 37.8 Å². The minimum Gasteiger partial charge on any atom is -0.331 e. The number of hydrogen-bond donors (Lipinski definition) is 2. The van der Waals surface area contributed by atoms with Crippen molar-refractivity contribution in [1.82, 2.24) is 14.5 Å². The molecule has 0 radical (unpaired) electrons. The lowest BCUT2D eigenvalue weighted by Crippen LogP contribution is -2.45. The monoisotopic (exact) mass is 366 g/mol. The minimum atomic E-state index is -3.25. The molecule has 1 fully saturated rings. The highest BCUT2D eigenvalue weighted by Crippen LogP contribution is 2.30. The fourth-order valence-corrected chi connectivity index (χ4v) is 4.08. The molecule has 25 heavy (non-hydrogen) atoms. The Labute approximate surface area is 147 Å². The van der Waals surface area contributed by atoms with Gasteiger partial charge in [0.15, 0.2) is 0 Å². The van der Waals surface area contributed by atoms with Crippen molar-refractivity contribution in [3.63, 3.8) is 0 Å². The third-order valence-corrected chi connectivity index (χ3v) is 5.81. The SMILES string of the molecule is CS(=O)(=O)N1CCCN(C(=O)N[C@H]2CC(=O)Nc3ccccc32)CC1. The van der Waals surface area contributed by atoms with Crippen molar-refractivity contribution in [3.8, 4) is 0 Å². The van der Waals surface area contributed by atoms with Gasteiger partial charge in [0.05, 0.1) is 18.7 Å². The molecule has 136 valence electrons. The Morgan fingerprint density at radius 3 is 2.72 bits per heavy atom. The molecular weight excluding hydrogens is 344 g/mol. The number of sulfonamides is 1. The smallest absolute Gasteiger partial charge is 0.317 e. The van der Waals surface area contributed by atoms with Crippen LogP contribution in [0.15, 0.2) is 24.3 Å². The molecule has 8 nitrogen and oxygen atoms in total. The van der Waals surface area contributed by atoms with E-state index in [1.807, 2.05) is 24.3 Å². The maximum absolute atomic E-state index is 12.6. The molecule has 0 unspecified atom stereocenters. The number of carbonyl (C=O) groups is 2. The fraction of sp³-hybridized carbons (Fsp3) is 0.500. The van der Waals surface area contributed by atoms with E-state index in [1.54, 1.807) is 4.90 Å². The van der Waals surface area contributed by atoms with Gasteiger partial charge in [0.1, 0.15) is 0 Å². The van der Waals surface area contributed by atoms with Gasteiger partial charge < -0.3 is 15.5 Å². The topological polar surface area (TPSA) is 98.8 Å². The zero-order valence-electron chi connectivity index (χ0n) is 14.1. The molecule has 1 aromatic rings. The highest BCUT2D eigenvalue weighted by atomic mass is 32.2. The molecule has 0 aliphatic carbocycles. The average Bonchev–Trinajstić information content (AvgIpc) is 2.80. The summed E-state index contributed by atoms with van der Waals surface area (Å²) in [4.78, 5) is 26.1. The Balaban J connectivity index is 1.68. The van der Waals surface area contributed by atoms with Crippen molar-refractivity contribution in [1.29, 1.82) is 0 Å². The zero-order chi connectivity index (χ0) is 18.0. The average molecular weight is 366 g/mol. The number of amides is 3. The third-order valence-electron chi connectivity index (χ3n) is 4.51. The van der Waals surface area contributed by atoms with Gasteiger partial charge in [0, 0.05) is 31.9 Å². The van der Waals surface area contributed by atoms with E-state index < -0.39 is 10.0 Å². The van der Waals surface area contributed by atoms with Gasteiger partial charge in [-0.1, -0.05) is 18.2 Å². The van der Waals surface area contributed by atoms with E-state index in [9.17, 15) is 18.0 Å². The normalized spacial score (nSPS) is 21.9. The Kier molecular flexibility index (Phi) is 4.96. The molecule has 0 bridgehead atoms. The molecular formula is C16H22N4O4S. The van der Waals surface area contributed by atoms with Gasteiger partial charge in [-0.15, -0.1) is 0 Å². The highest BCUT2D eigenvalue weighted by molar-refractivity contribution is 7.88. The maximum Gasteiger partial charge on any atom is 0.317 e. The molecule has 3 rings (SSSR count). The van der Waals surface area contributed by atoms with Gasteiger partial charge in [-0.3, -0.25) is 4.79 Å². The predicted octanol–water partition coefficient (Wildman–Crippen LogP) is 0.747. The van der Waals surface area contributed by atoms with Crippen LogP contribution in [0.25, 0.3) is 0 Å². The number of urea groups is 1. The first-order chi connectivity index (χ1) is 11.8. The van der Waals surface area contributed by atoms with E-state index in [0.717, 1.165) is 5.56 Å². The van der Waals surface area contributed by atoms with Gasteiger partial charge >= 0.3 is 6.03 Å². The van der Waals surface area contributed by atoms with Gasteiger partial charge in [-0.05, 0) is 18.1 Å². The number of nitrogens with one attached hydrogen (secondary N) is 2. The summed E-state index contributed by atoms with van der Waals surface area (Å²) in [6.45, 7) is 1.52. The molecule has 0 spiro atoms. The van der Waals surface area contributed by atoms with Crippen molar-refractivity contribution in [3.05, 3.63) is 29.8 Å². The minimum absolute atomic E-state index is 0.136. The van der Waals surface area contributed by atoms with Crippen LogP contribution in [0.3, 0.4) is 0 Å². The summed E-state index contributed by atoms with van der Waals surface area (Å²) in [6.07, 6.45) is 1.95. The first-order valence-corrected chi connectivity index (χ1v) is 10.1. The molecule has 1 aromatic carbocycles.